The lowest BCUT2D eigenvalue weighted by atomic mass is 10.2. The Labute approximate surface area is 219 Å². The second-order valence-electron chi connectivity index (χ2n) is 9.59. The maximum Gasteiger partial charge on any atom is 0.329 e. The van der Waals surface area contributed by atoms with Gasteiger partial charge in [-0.05, 0) is 37.7 Å². The number of imidazole rings is 1. The van der Waals surface area contributed by atoms with E-state index in [1.54, 1.807) is 6.33 Å². The first-order valence-electron chi connectivity index (χ1n) is 12.8. The number of nitrogens with one attached hydrogen (secondary N) is 1. The maximum absolute atomic E-state index is 13.1. The third-order valence-electron chi connectivity index (χ3n) is 6.63. The standard InChI is InChI=1S/C26H31N7O5/c27-20(34)12-19(26(36)38-14-17-6-2-1-3-7-17)31-21(35)13-32(18-9-10-18)24-23-25(29-15-28-24)33(16-30-23)22-8-4-5-11-37-22/h1-3,6-7,15-16,18-19,22H,4-5,8-14H2,(H2,27,34)(H,31,35)/t19-,22?/m0/s1. The predicted molar refractivity (Wildman–Crippen MR) is 137 cm³/mol. The molecule has 1 aliphatic heterocycles. The molecule has 3 aromatic rings. The monoisotopic (exact) mass is 521 g/mol. The Kier molecular flexibility index (Phi) is 7.78. The van der Waals surface area contributed by atoms with E-state index < -0.39 is 23.8 Å². The van der Waals surface area contributed by atoms with E-state index in [-0.39, 0.29) is 31.8 Å². The minimum Gasteiger partial charge on any atom is -0.459 e. The van der Waals surface area contributed by atoms with Crippen LogP contribution in [-0.4, -0.2) is 62.5 Å². The molecule has 2 aliphatic rings. The van der Waals surface area contributed by atoms with Crippen molar-refractivity contribution in [2.24, 2.45) is 5.73 Å². The summed E-state index contributed by atoms with van der Waals surface area (Å²) < 4.78 is 13.2. The number of nitrogens with two attached hydrogens (primary N) is 1. The molecule has 2 fully saturated rings. The summed E-state index contributed by atoms with van der Waals surface area (Å²) in [5, 5.41) is 2.63. The first kappa shape index (κ1) is 25.6. The number of rotatable bonds is 11. The van der Waals surface area contributed by atoms with Gasteiger partial charge < -0.3 is 25.4 Å². The van der Waals surface area contributed by atoms with E-state index in [9.17, 15) is 14.4 Å². The first-order chi connectivity index (χ1) is 18.5. The van der Waals surface area contributed by atoms with E-state index in [0.717, 1.165) is 37.7 Å². The van der Waals surface area contributed by atoms with Gasteiger partial charge >= 0.3 is 5.97 Å². The fraction of sp³-hybridized carbons (Fsp3) is 0.462. The number of hydrogen-bond acceptors (Lipinski definition) is 9. The summed E-state index contributed by atoms with van der Waals surface area (Å²) in [5.74, 6) is -1.37. The summed E-state index contributed by atoms with van der Waals surface area (Å²) >= 11 is 0. The summed E-state index contributed by atoms with van der Waals surface area (Å²) in [4.78, 5) is 52.8. The molecule has 2 amide bonds. The van der Waals surface area contributed by atoms with Gasteiger partial charge in [0.15, 0.2) is 17.0 Å². The minimum atomic E-state index is -1.20. The Bertz CT molecular complexity index is 1290. The van der Waals surface area contributed by atoms with Crippen LogP contribution in [0.2, 0.25) is 0 Å². The highest BCUT2D eigenvalue weighted by atomic mass is 16.5. The van der Waals surface area contributed by atoms with Crippen LogP contribution >= 0.6 is 0 Å². The number of benzene rings is 1. The molecule has 1 saturated heterocycles. The second-order valence-corrected chi connectivity index (χ2v) is 9.59. The second kappa shape index (κ2) is 11.5. The number of fused-ring (bicyclic) bond motifs is 1. The van der Waals surface area contributed by atoms with Gasteiger partial charge in [0.1, 0.15) is 25.2 Å². The van der Waals surface area contributed by atoms with Crippen molar-refractivity contribution in [1.82, 2.24) is 24.8 Å². The molecule has 0 radical (unpaired) electrons. The van der Waals surface area contributed by atoms with E-state index in [0.29, 0.717) is 23.6 Å². The van der Waals surface area contributed by atoms with Crippen LogP contribution < -0.4 is 16.0 Å². The Balaban J connectivity index is 1.29. The highest BCUT2D eigenvalue weighted by molar-refractivity contribution is 5.92. The molecule has 5 rings (SSSR count). The van der Waals surface area contributed by atoms with E-state index in [4.69, 9.17) is 15.2 Å². The van der Waals surface area contributed by atoms with Crippen LogP contribution in [0.5, 0.6) is 0 Å². The van der Waals surface area contributed by atoms with Crippen molar-refractivity contribution in [2.45, 2.75) is 63.4 Å². The third kappa shape index (κ3) is 6.08. The van der Waals surface area contributed by atoms with Crippen molar-refractivity contribution in [3.8, 4) is 0 Å². The average molecular weight is 522 g/mol. The predicted octanol–water partition coefficient (Wildman–Crippen LogP) is 1.60. The van der Waals surface area contributed by atoms with Gasteiger partial charge in [-0.1, -0.05) is 30.3 Å². The van der Waals surface area contributed by atoms with E-state index in [1.807, 2.05) is 39.8 Å². The third-order valence-corrected chi connectivity index (χ3v) is 6.63. The molecule has 1 aromatic carbocycles. The van der Waals surface area contributed by atoms with Crippen molar-refractivity contribution < 1.29 is 23.9 Å². The summed E-state index contributed by atoms with van der Waals surface area (Å²) in [7, 11) is 0. The molecule has 12 heteroatoms. The molecular weight excluding hydrogens is 490 g/mol. The molecule has 1 saturated carbocycles. The summed E-state index contributed by atoms with van der Waals surface area (Å²) in [5.41, 5.74) is 7.36. The Morgan fingerprint density at radius 3 is 2.66 bits per heavy atom. The SMILES string of the molecule is NC(=O)C[C@H](NC(=O)CN(c1ncnc2c1ncn2C1CCCCO1)C1CC1)C(=O)OCc1ccccc1. The molecule has 2 atom stereocenters. The van der Waals surface area contributed by atoms with Crippen LogP contribution in [-0.2, 0) is 30.5 Å². The van der Waals surface area contributed by atoms with Gasteiger partial charge in [-0.15, -0.1) is 0 Å². The summed E-state index contributed by atoms with van der Waals surface area (Å²) in [6.45, 7) is 0.632. The number of carbonyl (C=O) groups is 3. The van der Waals surface area contributed by atoms with Crippen molar-refractivity contribution in [1.29, 1.82) is 0 Å². The minimum absolute atomic E-state index is 0.0191. The molecule has 200 valence electrons. The van der Waals surface area contributed by atoms with E-state index in [2.05, 4.69) is 20.3 Å². The summed E-state index contributed by atoms with van der Waals surface area (Å²) in [6.07, 6.45) is 7.43. The zero-order valence-electron chi connectivity index (χ0n) is 21.0. The lowest BCUT2D eigenvalue weighted by Crippen LogP contribution is -2.48. The number of nitrogens with zero attached hydrogens (tertiary/aromatic N) is 5. The maximum atomic E-state index is 13.1. The molecule has 12 nitrogen and oxygen atoms in total. The lowest BCUT2D eigenvalue weighted by Gasteiger charge is -2.25. The van der Waals surface area contributed by atoms with Gasteiger partial charge in [-0.3, -0.25) is 14.2 Å². The Morgan fingerprint density at radius 2 is 1.95 bits per heavy atom. The van der Waals surface area contributed by atoms with Gasteiger partial charge in [-0.2, -0.15) is 0 Å². The molecule has 2 aromatic heterocycles. The van der Waals surface area contributed by atoms with Crippen LogP contribution in [0.1, 0.15) is 50.3 Å². The lowest BCUT2D eigenvalue weighted by molar-refractivity contribution is -0.150. The molecule has 0 spiro atoms. The van der Waals surface area contributed by atoms with Crippen molar-refractivity contribution in [2.75, 3.05) is 18.1 Å². The van der Waals surface area contributed by atoms with Gasteiger partial charge in [0.05, 0.1) is 19.3 Å². The van der Waals surface area contributed by atoms with Crippen molar-refractivity contribution in [3.05, 3.63) is 48.5 Å². The van der Waals surface area contributed by atoms with Gasteiger partial charge in [0.2, 0.25) is 11.8 Å². The molecular formula is C26H31N7O5. The molecule has 38 heavy (non-hydrogen) atoms. The summed E-state index contributed by atoms with van der Waals surface area (Å²) in [6, 6.07) is 8.04. The number of aromatic nitrogens is 4. The van der Waals surface area contributed by atoms with Crippen LogP contribution in [0.4, 0.5) is 5.82 Å². The first-order valence-corrected chi connectivity index (χ1v) is 12.8. The molecule has 0 bridgehead atoms. The normalized spacial score (nSPS) is 18.1. The van der Waals surface area contributed by atoms with E-state index >= 15 is 0 Å². The van der Waals surface area contributed by atoms with Crippen LogP contribution in [0.15, 0.2) is 43.0 Å². The number of hydrogen-bond donors (Lipinski definition) is 2. The topological polar surface area (TPSA) is 155 Å². The highest BCUT2D eigenvalue weighted by Gasteiger charge is 2.35. The van der Waals surface area contributed by atoms with E-state index in [1.165, 1.54) is 6.33 Å². The Morgan fingerprint density at radius 1 is 1.13 bits per heavy atom. The average Bonchev–Trinajstić information content (AvgIpc) is 3.68. The number of primary amides is 1. The Hall–Kier alpha value is -4.06. The largest absolute Gasteiger partial charge is 0.459 e. The molecule has 1 unspecified atom stereocenters. The molecule has 3 heterocycles. The van der Waals surface area contributed by atoms with Gasteiger partial charge in [0.25, 0.3) is 0 Å². The quantitative estimate of drug-likeness (QED) is 0.358. The fourth-order valence-electron chi connectivity index (χ4n) is 4.59. The highest BCUT2D eigenvalue weighted by Crippen LogP contribution is 2.34. The van der Waals surface area contributed by atoms with Crippen molar-refractivity contribution in [3.63, 3.8) is 0 Å². The molecule has 1 aliphatic carbocycles. The zero-order chi connectivity index (χ0) is 26.5. The number of ether oxygens (including phenoxy) is 2. The van der Waals surface area contributed by atoms with Crippen LogP contribution in [0.3, 0.4) is 0 Å². The number of carbonyl (C=O) groups excluding carboxylic acids is 3. The van der Waals surface area contributed by atoms with Gasteiger partial charge in [0, 0.05) is 12.6 Å². The van der Waals surface area contributed by atoms with Gasteiger partial charge in [-0.25, -0.2) is 19.7 Å². The van der Waals surface area contributed by atoms with Crippen molar-refractivity contribution >= 4 is 34.8 Å². The number of amides is 2. The number of anilines is 1. The van der Waals surface area contributed by atoms with Crippen LogP contribution in [0.25, 0.3) is 11.2 Å². The zero-order valence-corrected chi connectivity index (χ0v) is 21.0. The molecule has 3 N–H and O–H groups in total. The smallest absolute Gasteiger partial charge is 0.329 e. The fourth-order valence-corrected chi connectivity index (χ4v) is 4.59. The van der Waals surface area contributed by atoms with Crippen LogP contribution in [0, 0.1) is 0 Å². The number of esters is 1.